The van der Waals surface area contributed by atoms with E-state index in [1.165, 1.54) is 31.7 Å². The standard InChI is InChI=1S/C18H29FN2/c1-4-16(20)18(14-9-7-10-15(19)12-14)21(3)17-11-6-5-8-13(17)2/h7,9-10,12-13,16-18H,4-6,8,11,20H2,1-3H3. The van der Waals surface area contributed by atoms with Crippen LogP contribution in [0.3, 0.4) is 0 Å². The molecule has 1 fully saturated rings. The average molecular weight is 292 g/mol. The van der Waals surface area contributed by atoms with Gasteiger partial charge in [-0.2, -0.15) is 0 Å². The number of benzene rings is 1. The topological polar surface area (TPSA) is 29.3 Å². The highest BCUT2D eigenvalue weighted by atomic mass is 19.1. The highest BCUT2D eigenvalue weighted by Crippen LogP contribution is 2.34. The molecule has 1 aliphatic rings. The highest BCUT2D eigenvalue weighted by Gasteiger charge is 2.32. The lowest BCUT2D eigenvalue weighted by atomic mass is 9.83. The van der Waals surface area contributed by atoms with E-state index in [0.717, 1.165) is 12.0 Å². The van der Waals surface area contributed by atoms with Gasteiger partial charge in [-0.3, -0.25) is 4.90 Å². The van der Waals surface area contributed by atoms with Crippen molar-refractivity contribution in [1.82, 2.24) is 4.90 Å². The number of likely N-dealkylation sites (N-methyl/N-ethyl adjacent to an activating group) is 1. The van der Waals surface area contributed by atoms with Crippen LogP contribution in [0.2, 0.25) is 0 Å². The summed E-state index contributed by atoms with van der Waals surface area (Å²) in [6.45, 7) is 4.44. The molecule has 1 aromatic rings. The summed E-state index contributed by atoms with van der Waals surface area (Å²) in [5.74, 6) is 0.509. The van der Waals surface area contributed by atoms with Gasteiger partial charge in [0.25, 0.3) is 0 Å². The minimum atomic E-state index is -0.175. The SMILES string of the molecule is CCC(N)C(c1cccc(F)c1)N(C)C1CCCCC1C. The largest absolute Gasteiger partial charge is 0.326 e. The Balaban J connectivity index is 2.26. The summed E-state index contributed by atoms with van der Waals surface area (Å²) < 4.78 is 13.6. The molecule has 0 aliphatic heterocycles. The van der Waals surface area contributed by atoms with E-state index in [0.29, 0.717) is 12.0 Å². The molecular weight excluding hydrogens is 263 g/mol. The van der Waals surface area contributed by atoms with E-state index in [-0.39, 0.29) is 17.9 Å². The van der Waals surface area contributed by atoms with Crippen LogP contribution in [0.4, 0.5) is 4.39 Å². The molecule has 0 amide bonds. The lowest BCUT2D eigenvalue weighted by Gasteiger charge is -2.43. The van der Waals surface area contributed by atoms with E-state index in [9.17, 15) is 4.39 Å². The fraction of sp³-hybridized carbons (Fsp3) is 0.667. The maximum absolute atomic E-state index is 13.6. The molecule has 1 aromatic carbocycles. The zero-order valence-corrected chi connectivity index (χ0v) is 13.6. The van der Waals surface area contributed by atoms with Crippen LogP contribution in [0.5, 0.6) is 0 Å². The van der Waals surface area contributed by atoms with E-state index in [1.807, 2.05) is 6.07 Å². The minimum Gasteiger partial charge on any atom is -0.326 e. The van der Waals surface area contributed by atoms with Gasteiger partial charge in [0.2, 0.25) is 0 Å². The van der Waals surface area contributed by atoms with E-state index < -0.39 is 0 Å². The first-order valence-electron chi connectivity index (χ1n) is 8.27. The first-order chi connectivity index (χ1) is 10.0. The molecule has 2 nitrogen and oxygen atoms in total. The molecule has 4 unspecified atom stereocenters. The van der Waals surface area contributed by atoms with Crippen LogP contribution in [0.15, 0.2) is 24.3 Å². The minimum absolute atomic E-state index is 0.0333. The van der Waals surface area contributed by atoms with Crippen LogP contribution in [-0.2, 0) is 0 Å². The average Bonchev–Trinajstić information content (AvgIpc) is 2.47. The number of rotatable bonds is 5. The number of nitrogens with two attached hydrogens (primary N) is 1. The van der Waals surface area contributed by atoms with Gasteiger partial charge in [-0.05, 0) is 49.9 Å². The van der Waals surface area contributed by atoms with Crippen molar-refractivity contribution in [2.45, 2.75) is 64.1 Å². The number of hydrogen-bond donors (Lipinski definition) is 1. The van der Waals surface area contributed by atoms with Crippen molar-refractivity contribution in [1.29, 1.82) is 0 Å². The molecule has 0 radical (unpaired) electrons. The Hall–Kier alpha value is -0.930. The molecule has 2 rings (SSSR count). The zero-order chi connectivity index (χ0) is 15.4. The predicted molar refractivity (Wildman–Crippen MR) is 86.6 cm³/mol. The Morgan fingerprint density at radius 1 is 1.33 bits per heavy atom. The van der Waals surface area contributed by atoms with Gasteiger partial charge in [-0.25, -0.2) is 4.39 Å². The van der Waals surface area contributed by atoms with Gasteiger partial charge in [0.15, 0.2) is 0 Å². The van der Waals surface area contributed by atoms with Crippen molar-refractivity contribution in [3.8, 4) is 0 Å². The predicted octanol–water partition coefficient (Wildman–Crippen LogP) is 4.11. The fourth-order valence-corrected chi connectivity index (χ4v) is 3.81. The van der Waals surface area contributed by atoms with E-state index in [4.69, 9.17) is 5.73 Å². The molecule has 0 bridgehead atoms. The van der Waals surface area contributed by atoms with E-state index in [1.54, 1.807) is 12.1 Å². The third-order valence-electron chi connectivity index (χ3n) is 5.10. The van der Waals surface area contributed by atoms with E-state index in [2.05, 4.69) is 25.8 Å². The zero-order valence-electron chi connectivity index (χ0n) is 13.6. The Morgan fingerprint density at radius 2 is 2.05 bits per heavy atom. The van der Waals surface area contributed by atoms with Gasteiger partial charge in [-0.15, -0.1) is 0 Å². The molecule has 118 valence electrons. The highest BCUT2D eigenvalue weighted by molar-refractivity contribution is 5.22. The first kappa shape index (κ1) is 16.4. The Morgan fingerprint density at radius 3 is 2.67 bits per heavy atom. The molecular formula is C18H29FN2. The van der Waals surface area contributed by atoms with Gasteiger partial charge in [0.05, 0.1) is 0 Å². The lowest BCUT2D eigenvalue weighted by molar-refractivity contribution is 0.0822. The smallest absolute Gasteiger partial charge is 0.123 e. The van der Waals surface area contributed by atoms with Gasteiger partial charge in [0, 0.05) is 18.1 Å². The van der Waals surface area contributed by atoms with Crippen LogP contribution < -0.4 is 5.73 Å². The van der Waals surface area contributed by atoms with Crippen molar-refractivity contribution in [2.75, 3.05) is 7.05 Å². The quantitative estimate of drug-likeness (QED) is 0.884. The lowest BCUT2D eigenvalue weighted by Crippen LogP contribution is -2.47. The Labute approximate surface area is 128 Å². The maximum atomic E-state index is 13.6. The van der Waals surface area contributed by atoms with Gasteiger partial charge in [-0.1, -0.05) is 38.8 Å². The van der Waals surface area contributed by atoms with Gasteiger partial charge in [0.1, 0.15) is 5.82 Å². The number of halogens is 1. The fourth-order valence-electron chi connectivity index (χ4n) is 3.81. The van der Waals surface area contributed by atoms with Crippen molar-refractivity contribution < 1.29 is 4.39 Å². The van der Waals surface area contributed by atoms with Crippen LogP contribution >= 0.6 is 0 Å². The van der Waals surface area contributed by atoms with Crippen LogP contribution in [0.1, 0.15) is 57.6 Å². The van der Waals surface area contributed by atoms with Crippen LogP contribution in [0, 0.1) is 11.7 Å². The second-order valence-corrected chi connectivity index (χ2v) is 6.57. The summed E-state index contributed by atoms with van der Waals surface area (Å²) in [6, 6.07) is 7.61. The molecule has 4 atom stereocenters. The van der Waals surface area contributed by atoms with Crippen molar-refractivity contribution in [2.24, 2.45) is 11.7 Å². The van der Waals surface area contributed by atoms with Crippen molar-refractivity contribution >= 4 is 0 Å². The summed E-state index contributed by atoms with van der Waals surface area (Å²) in [5.41, 5.74) is 7.39. The molecule has 2 N–H and O–H groups in total. The summed E-state index contributed by atoms with van der Waals surface area (Å²) in [5, 5.41) is 0. The van der Waals surface area contributed by atoms with E-state index >= 15 is 0 Å². The normalized spacial score (nSPS) is 25.8. The molecule has 0 spiro atoms. The molecule has 1 saturated carbocycles. The van der Waals surface area contributed by atoms with Crippen molar-refractivity contribution in [3.05, 3.63) is 35.6 Å². The summed E-state index contributed by atoms with van der Waals surface area (Å²) in [4.78, 5) is 2.41. The maximum Gasteiger partial charge on any atom is 0.123 e. The van der Waals surface area contributed by atoms with Gasteiger partial charge >= 0.3 is 0 Å². The molecule has 21 heavy (non-hydrogen) atoms. The molecule has 3 heteroatoms. The number of hydrogen-bond acceptors (Lipinski definition) is 2. The summed E-state index contributed by atoms with van der Waals surface area (Å²) >= 11 is 0. The molecule has 0 aromatic heterocycles. The molecule has 1 aliphatic carbocycles. The monoisotopic (exact) mass is 292 g/mol. The second kappa shape index (κ2) is 7.37. The summed E-state index contributed by atoms with van der Waals surface area (Å²) in [7, 11) is 2.16. The third-order valence-corrected chi connectivity index (χ3v) is 5.10. The second-order valence-electron chi connectivity index (χ2n) is 6.57. The molecule has 0 heterocycles. The van der Waals surface area contributed by atoms with Crippen molar-refractivity contribution in [3.63, 3.8) is 0 Å². The first-order valence-corrected chi connectivity index (χ1v) is 8.27. The Bertz CT molecular complexity index is 449. The summed E-state index contributed by atoms with van der Waals surface area (Å²) in [6.07, 6.45) is 6.02. The Kier molecular flexibility index (Phi) is 5.77. The third kappa shape index (κ3) is 3.83. The molecule has 0 saturated heterocycles. The van der Waals surface area contributed by atoms with Crippen LogP contribution in [-0.4, -0.2) is 24.0 Å². The number of nitrogens with zero attached hydrogens (tertiary/aromatic N) is 1. The van der Waals surface area contributed by atoms with Gasteiger partial charge < -0.3 is 5.73 Å². The van der Waals surface area contributed by atoms with Crippen LogP contribution in [0.25, 0.3) is 0 Å².